The Morgan fingerprint density at radius 2 is 2.15 bits per heavy atom. The molecule has 7 nitrogen and oxygen atoms in total. The number of phenols is 2. The lowest BCUT2D eigenvalue weighted by Crippen LogP contribution is -2.44. The highest BCUT2D eigenvalue weighted by Crippen LogP contribution is 2.38. The van der Waals surface area contributed by atoms with Crippen LogP contribution < -0.4 is 10.1 Å². The van der Waals surface area contributed by atoms with Crippen LogP contribution in [0.25, 0.3) is 0 Å². The fourth-order valence-electron chi connectivity index (χ4n) is 1.82. The molecule has 0 spiro atoms. The number of carboxylic acid groups (broad SMARTS) is 1. The number of aromatic hydroxyl groups is 2. The molecule has 1 aromatic carbocycles. The Morgan fingerprint density at radius 1 is 1.45 bits per heavy atom. The lowest BCUT2D eigenvalue weighted by Gasteiger charge is -2.18. The molecule has 0 aromatic heterocycles. The molecular weight excluding hydrogens is 284 g/mol. The van der Waals surface area contributed by atoms with Gasteiger partial charge < -0.3 is 20.1 Å². The van der Waals surface area contributed by atoms with E-state index >= 15 is 0 Å². The topological polar surface area (TPSA) is 111 Å². The van der Waals surface area contributed by atoms with Crippen LogP contribution in [-0.4, -0.2) is 45.0 Å². The van der Waals surface area contributed by atoms with Gasteiger partial charge in [0.1, 0.15) is 16.5 Å². The third-order valence-electron chi connectivity index (χ3n) is 2.74. The van der Waals surface area contributed by atoms with Gasteiger partial charge in [0.25, 0.3) is 0 Å². The maximum absolute atomic E-state index is 10.7. The van der Waals surface area contributed by atoms with Crippen LogP contribution in [0.15, 0.2) is 17.1 Å². The van der Waals surface area contributed by atoms with Crippen LogP contribution in [0.5, 0.6) is 17.2 Å². The number of phenolic OH excluding ortho intramolecular Hbond substituents is 2. The summed E-state index contributed by atoms with van der Waals surface area (Å²) in [6.07, 6.45) is -1.17. The molecular formula is C12H14N2O5S. The van der Waals surface area contributed by atoms with Crippen molar-refractivity contribution < 1.29 is 24.9 Å². The van der Waals surface area contributed by atoms with Crippen LogP contribution in [0.1, 0.15) is 12.5 Å². The number of rotatable bonds is 3. The van der Waals surface area contributed by atoms with E-state index in [1.54, 1.807) is 6.92 Å². The number of aliphatic imine (C=N–C) groups is 1. The number of thioether (sulfide) groups is 1. The summed E-state index contributed by atoms with van der Waals surface area (Å²) in [5, 5.41) is 31.2. The molecule has 1 aliphatic rings. The molecule has 0 radical (unpaired) electrons. The summed E-state index contributed by atoms with van der Waals surface area (Å²) < 4.78 is 4.89. The van der Waals surface area contributed by atoms with Crippen LogP contribution in [0.2, 0.25) is 0 Å². The van der Waals surface area contributed by atoms with E-state index in [2.05, 4.69) is 10.3 Å². The fraction of sp³-hybridized carbons (Fsp3) is 0.333. The zero-order valence-electron chi connectivity index (χ0n) is 10.9. The summed E-state index contributed by atoms with van der Waals surface area (Å²) in [6.45, 7) is 1.64. The van der Waals surface area contributed by atoms with Gasteiger partial charge in [0, 0.05) is 11.8 Å². The van der Waals surface area contributed by atoms with Gasteiger partial charge in [0.2, 0.25) is 0 Å². The van der Waals surface area contributed by atoms with E-state index in [4.69, 9.17) is 9.84 Å². The van der Waals surface area contributed by atoms with E-state index in [0.29, 0.717) is 16.4 Å². The smallest absolute Gasteiger partial charge is 0.406 e. The third kappa shape index (κ3) is 2.74. The second kappa shape index (κ2) is 5.12. The molecule has 0 bridgehead atoms. The lowest BCUT2D eigenvalue weighted by atomic mass is 10.2. The third-order valence-corrected chi connectivity index (χ3v) is 4.03. The summed E-state index contributed by atoms with van der Waals surface area (Å²) in [5.41, 5.74) is -0.613. The first kappa shape index (κ1) is 14.3. The molecule has 2 rings (SSSR count). The van der Waals surface area contributed by atoms with Gasteiger partial charge in [-0.05, 0) is 13.0 Å². The molecule has 1 atom stereocenters. The number of hydrogen-bond acceptors (Lipinski definition) is 6. The monoisotopic (exact) mass is 298 g/mol. The molecule has 1 aromatic rings. The minimum atomic E-state index is -1.17. The van der Waals surface area contributed by atoms with E-state index < -0.39 is 11.8 Å². The Hall–Kier alpha value is -2.09. The van der Waals surface area contributed by atoms with Crippen molar-refractivity contribution in [1.82, 2.24) is 5.32 Å². The number of ether oxygens (including phenoxy) is 1. The highest BCUT2D eigenvalue weighted by atomic mass is 32.2. The molecule has 0 aliphatic carbocycles. The van der Waals surface area contributed by atoms with Crippen molar-refractivity contribution in [3.63, 3.8) is 0 Å². The zero-order valence-corrected chi connectivity index (χ0v) is 11.7. The second-order valence-corrected chi connectivity index (χ2v) is 5.41. The van der Waals surface area contributed by atoms with E-state index in [1.807, 2.05) is 0 Å². The molecule has 0 saturated carbocycles. The Labute approximate surface area is 119 Å². The van der Waals surface area contributed by atoms with E-state index in [0.717, 1.165) is 0 Å². The van der Waals surface area contributed by atoms with Gasteiger partial charge in [-0.2, -0.15) is 0 Å². The minimum Gasteiger partial charge on any atom is -0.507 e. The highest BCUT2D eigenvalue weighted by Gasteiger charge is 2.33. The predicted molar refractivity (Wildman–Crippen MR) is 74.9 cm³/mol. The summed E-state index contributed by atoms with van der Waals surface area (Å²) in [4.78, 5) is 15.0. The lowest BCUT2D eigenvalue weighted by molar-refractivity contribution is 0.184. The second-order valence-electron chi connectivity index (χ2n) is 4.45. The van der Waals surface area contributed by atoms with Crippen LogP contribution in [0.3, 0.4) is 0 Å². The molecule has 1 aliphatic heterocycles. The summed E-state index contributed by atoms with van der Waals surface area (Å²) in [7, 11) is 1.38. The van der Waals surface area contributed by atoms with Crippen LogP contribution in [0, 0.1) is 0 Å². The van der Waals surface area contributed by atoms with Crippen molar-refractivity contribution in [3.05, 3.63) is 17.7 Å². The number of nitrogens with zero attached hydrogens (tertiary/aromatic N) is 1. The standard InChI is InChI=1S/C12H14N2O5S/c1-12(14-11(17)18)5-20-10(13-12)6-3-8(16)9(19-2)4-7(6)15/h3-4,14-16H,5H2,1-2H3,(H,17,18)/t12-/m0/s1. The molecule has 108 valence electrons. The number of hydrogen-bond donors (Lipinski definition) is 4. The largest absolute Gasteiger partial charge is 0.507 e. The first-order valence-electron chi connectivity index (χ1n) is 5.69. The Balaban J connectivity index is 2.36. The van der Waals surface area contributed by atoms with Crippen LogP contribution in [0.4, 0.5) is 4.79 Å². The van der Waals surface area contributed by atoms with Crippen molar-refractivity contribution in [3.8, 4) is 17.2 Å². The van der Waals surface area contributed by atoms with Crippen molar-refractivity contribution in [1.29, 1.82) is 0 Å². The van der Waals surface area contributed by atoms with Gasteiger partial charge in [0.05, 0.1) is 12.7 Å². The van der Waals surface area contributed by atoms with E-state index in [-0.39, 0.29) is 17.2 Å². The zero-order chi connectivity index (χ0) is 14.9. The van der Waals surface area contributed by atoms with E-state index in [9.17, 15) is 15.0 Å². The number of methoxy groups -OCH3 is 1. The quantitative estimate of drug-likeness (QED) is 0.630. The average Bonchev–Trinajstić information content (AvgIpc) is 2.72. The molecule has 0 unspecified atom stereocenters. The predicted octanol–water partition coefficient (Wildman–Crippen LogP) is 1.58. The fourth-order valence-corrected chi connectivity index (χ4v) is 2.96. The van der Waals surface area contributed by atoms with Gasteiger partial charge >= 0.3 is 6.09 Å². The normalized spacial score (nSPS) is 21.4. The van der Waals surface area contributed by atoms with Crippen molar-refractivity contribution in [2.75, 3.05) is 12.9 Å². The molecule has 0 saturated heterocycles. The Morgan fingerprint density at radius 3 is 2.75 bits per heavy atom. The van der Waals surface area contributed by atoms with E-state index in [1.165, 1.54) is 31.0 Å². The Bertz CT molecular complexity index is 589. The van der Waals surface area contributed by atoms with Gasteiger partial charge in [-0.15, -0.1) is 11.8 Å². The van der Waals surface area contributed by atoms with Gasteiger partial charge in [-0.25, -0.2) is 9.79 Å². The first-order valence-corrected chi connectivity index (χ1v) is 6.67. The number of benzene rings is 1. The van der Waals surface area contributed by atoms with Crippen molar-refractivity contribution in [2.45, 2.75) is 12.6 Å². The molecule has 20 heavy (non-hydrogen) atoms. The highest BCUT2D eigenvalue weighted by molar-refractivity contribution is 8.14. The first-order chi connectivity index (χ1) is 9.34. The van der Waals surface area contributed by atoms with Gasteiger partial charge in [-0.1, -0.05) is 0 Å². The number of amides is 1. The van der Waals surface area contributed by atoms with Gasteiger partial charge in [-0.3, -0.25) is 5.32 Å². The Kier molecular flexibility index (Phi) is 3.67. The molecule has 1 heterocycles. The minimum absolute atomic E-state index is 0.0922. The molecule has 0 fully saturated rings. The molecule has 4 N–H and O–H groups in total. The van der Waals surface area contributed by atoms with Crippen molar-refractivity contribution in [2.24, 2.45) is 4.99 Å². The number of carbonyl (C=O) groups is 1. The summed E-state index contributed by atoms with van der Waals surface area (Å²) in [6, 6.07) is 2.63. The van der Waals surface area contributed by atoms with Gasteiger partial charge in [0.15, 0.2) is 11.5 Å². The molecule has 8 heteroatoms. The van der Waals surface area contributed by atoms with Crippen LogP contribution >= 0.6 is 11.8 Å². The van der Waals surface area contributed by atoms with Crippen LogP contribution in [-0.2, 0) is 0 Å². The average molecular weight is 298 g/mol. The summed E-state index contributed by atoms with van der Waals surface area (Å²) in [5.74, 6) is 0.344. The summed E-state index contributed by atoms with van der Waals surface area (Å²) >= 11 is 1.29. The SMILES string of the molecule is COc1cc(O)c(C2=N[C@@](C)(NC(=O)O)CS2)cc1O. The maximum atomic E-state index is 10.7. The van der Waals surface area contributed by atoms with Crippen molar-refractivity contribution >= 4 is 22.9 Å². The maximum Gasteiger partial charge on any atom is 0.406 e. The number of nitrogens with one attached hydrogen (secondary N) is 1. The molecule has 1 amide bonds.